The van der Waals surface area contributed by atoms with Gasteiger partial charge in [0.05, 0.1) is 19.3 Å². The number of methoxy groups -OCH3 is 1. The maximum Gasteiger partial charge on any atom is 0.343 e. The van der Waals surface area contributed by atoms with E-state index in [0.717, 1.165) is 30.9 Å². The van der Waals surface area contributed by atoms with Gasteiger partial charge in [-0.25, -0.2) is 9.59 Å². The minimum atomic E-state index is -0.459. The zero-order chi connectivity index (χ0) is 20.9. The number of carbonyl (C=O) groups excluding carboxylic acids is 2. The summed E-state index contributed by atoms with van der Waals surface area (Å²) in [5, 5.41) is 0. The van der Waals surface area contributed by atoms with Crippen molar-refractivity contribution < 1.29 is 28.6 Å². The monoisotopic (exact) mass is 412 g/mol. The summed E-state index contributed by atoms with van der Waals surface area (Å²) in [6.07, 6.45) is 5.89. The summed E-state index contributed by atoms with van der Waals surface area (Å²) in [7, 11) is 1.34. The fourth-order valence-corrected chi connectivity index (χ4v) is 2.81. The van der Waals surface area contributed by atoms with E-state index in [9.17, 15) is 9.59 Å². The first kappa shape index (κ1) is 22.4. The molecule has 2 aromatic rings. The molecule has 0 aliphatic carbocycles. The average Bonchev–Trinajstić information content (AvgIpc) is 2.75. The van der Waals surface area contributed by atoms with Gasteiger partial charge in [0.15, 0.2) is 0 Å². The van der Waals surface area contributed by atoms with Crippen LogP contribution in [0.4, 0.5) is 0 Å². The molecule has 0 aliphatic rings. The Labute approximate surface area is 173 Å². The number of benzene rings is 2. The summed E-state index contributed by atoms with van der Waals surface area (Å²) in [6, 6.07) is 14.5. The van der Waals surface area contributed by atoms with Crippen LogP contribution in [0.1, 0.15) is 35.2 Å². The van der Waals surface area contributed by atoms with Gasteiger partial charge < -0.3 is 19.0 Å². The molecule has 2 radical (unpaired) electrons. The molecule has 29 heavy (non-hydrogen) atoms. The Hall–Kier alpha value is -2.90. The minimum absolute atomic E-state index is 0.0212. The van der Waals surface area contributed by atoms with Crippen LogP contribution in [0.15, 0.2) is 54.6 Å². The van der Waals surface area contributed by atoms with Crippen LogP contribution in [0.5, 0.6) is 11.5 Å². The van der Waals surface area contributed by atoms with E-state index < -0.39 is 11.9 Å². The van der Waals surface area contributed by atoms with Crippen molar-refractivity contribution in [3.8, 4) is 11.5 Å². The third kappa shape index (κ3) is 8.33. The normalized spacial score (nSPS) is 10.7. The fraction of sp³-hybridized carbons (Fsp3) is 0.273. The molecule has 0 atom stereocenters. The molecule has 152 valence electrons. The number of hydrogen-bond acceptors (Lipinski definition) is 6. The maximum atomic E-state index is 12.3. The molecule has 0 heterocycles. The topological polar surface area (TPSA) is 82.1 Å². The molecule has 0 spiro atoms. The molecule has 2 aromatic carbocycles. The van der Waals surface area contributed by atoms with Crippen LogP contribution in [0, 0.1) is 0 Å². The van der Waals surface area contributed by atoms with E-state index in [-0.39, 0.29) is 9.76 Å². The van der Waals surface area contributed by atoms with Crippen LogP contribution in [-0.2, 0) is 9.53 Å². The van der Waals surface area contributed by atoms with E-state index in [1.165, 1.54) is 13.2 Å². The standard InChI is InChI=1S/C22H24O6Si/c1-26-21(23)14-7-17-5-10-20(11-6-17)28-22(24)18-8-12-19(13-9-18)27-15-3-2-4-16-29-25/h5-14,25H,2-4,15-16H2,1H3/b14-7+. The zero-order valence-corrected chi connectivity index (χ0v) is 17.3. The van der Waals surface area contributed by atoms with Crippen LogP contribution in [0.25, 0.3) is 6.08 Å². The Morgan fingerprint density at radius 1 is 0.966 bits per heavy atom. The zero-order valence-electron chi connectivity index (χ0n) is 16.3. The third-order valence-corrected chi connectivity index (χ3v) is 4.57. The predicted molar refractivity (Wildman–Crippen MR) is 111 cm³/mol. The van der Waals surface area contributed by atoms with E-state index in [2.05, 4.69) is 4.74 Å². The molecule has 6 nitrogen and oxygen atoms in total. The molecule has 2 rings (SSSR count). The number of unbranched alkanes of at least 4 members (excludes halogenated alkanes) is 2. The molecular weight excluding hydrogens is 388 g/mol. The molecule has 0 aromatic heterocycles. The van der Waals surface area contributed by atoms with Crippen LogP contribution in [-0.4, -0.2) is 40.2 Å². The second-order valence-corrected chi connectivity index (χ2v) is 6.97. The number of esters is 2. The third-order valence-electron chi connectivity index (χ3n) is 4.00. The van der Waals surface area contributed by atoms with Gasteiger partial charge >= 0.3 is 11.9 Å². The second kappa shape index (κ2) is 12.5. The maximum absolute atomic E-state index is 12.3. The predicted octanol–water partition coefficient (Wildman–Crippen LogP) is 3.67. The smallest absolute Gasteiger partial charge is 0.343 e. The molecular formula is C22H24O6Si. The summed E-state index contributed by atoms with van der Waals surface area (Å²) in [6.45, 7) is 0.606. The lowest BCUT2D eigenvalue weighted by Gasteiger charge is -2.08. The van der Waals surface area contributed by atoms with Gasteiger partial charge in [-0.3, -0.25) is 0 Å². The van der Waals surface area contributed by atoms with Crippen LogP contribution >= 0.6 is 0 Å². The van der Waals surface area contributed by atoms with E-state index >= 15 is 0 Å². The number of hydrogen-bond donors (Lipinski definition) is 1. The van der Waals surface area contributed by atoms with E-state index in [0.29, 0.717) is 23.7 Å². The van der Waals surface area contributed by atoms with Crippen molar-refractivity contribution in [2.75, 3.05) is 13.7 Å². The van der Waals surface area contributed by atoms with Crippen LogP contribution < -0.4 is 9.47 Å². The molecule has 0 bridgehead atoms. The lowest BCUT2D eigenvalue weighted by molar-refractivity contribution is -0.134. The average molecular weight is 413 g/mol. The van der Waals surface area contributed by atoms with Crippen molar-refractivity contribution in [3.63, 3.8) is 0 Å². The van der Waals surface area contributed by atoms with Gasteiger partial charge in [-0.2, -0.15) is 0 Å². The number of rotatable bonds is 11. The van der Waals surface area contributed by atoms with Gasteiger partial charge in [-0.05, 0) is 60.5 Å². The molecule has 0 saturated heterocycles. The molecule has 0 saturated carbocycles. The largest absolute Gasteiger partial charge is 0.494 e. The van der Waals surface area contributed by atoms with Crippen LogP contribution in [0.2, 0.25) is 6.04 Å². The Morgan fingerprint density at radius 3 is 2.31 bits per heavy atom. The van der Waals surface area contributed by atoms with E-state index in [1.807, 2.05) is 0 Å². The quantitative estimate of drug-likeness (QED) is 0.199. The Balaban J connectivity index is 1.81. The summed E-state index contributed by atoms with van der Waals surface area (Å²) < 4.78 is 15.5. The Kier molecular flexibility index (Phi) is 9.68. The summed E-state index contributed by atoms with van der Waals surface area (Å²) in [4.78, 5) is 32.1. The molecule has 7 heteroatoms. The van der Waals surface area contributed by atoms with Crippen molar-refractivity contribution in [1.82, 2.24) is 0 Å². The lowest BCUT2D eigenvalue weighted by atomic mass is 10.2. The summed E-state index contributed by atoms with van der Waals surface area (Å²) >= 11 is 0. The van der Waals surface area contributed by atoms with E-state index in [1.54, 1.807) is 54.6 Å². The highest BCUT2D eigenvalue weighted by Gasteiger charge is 2.09. The highest BCUT2D eigenvalue weighted by molar-refractivity contribution is 6.25. The number of ether oxygens (including phenoxy) is 3. The van der Waals surface area contributed by atoms with Crippen molar-refractivity contribution in [1.29, 1.82) is 0 Å². The van der Waals surface area contributed by atoms with Gasteiger partial charge in [0.25, 0.3) is 0 Å². The van der Waals surface area contributed by atoms with Crippen molar-refractivity contribution in [2.45, 2.75) is 25.3 Å². The van der Waals surface area contributed by atoms with Crippen molar-refractivity contribution in [3.05, 3.63) is 65.7 Å². The first-order chi connectivity index (χ1) is 14.1. The minimum Gasteiger partial charge on any atom is -0.494 e. The van der Waals surface area contributed by atoms with Gasteiger partial charge in [-0.1, -0.05) is 25.0 Å². The van der Waals surface area contributed by atoms with Gasteiger partial charge in [-0.15, -0.1) is 0 Å². The molecule has 0 fully saturated rings. The highest BCUT2D eigenvalue weighted by Crippen LogP contribution is 2.17. The molecule has 1 N–H and O–H groups in total. The molecule has 0 amide bonds. The van der Waals surface area contributed by atoms with Crippen LogP contribution in [0.3, 0.4) is 0 Å². The van der Waals surface area contributed by atoms with Gasteiger partial charge in [0.1, 0.15) is 11.5 Å². The summed E-state index contributed by atoms with van der Waals surface area (Å²) in [5.74, 6) is 0.218. The number of carbonyl (C=O) groups is 2. The Morgan fingerprint density at radius 2 is 1.66 bits per heavy atom. The van der Waals surface area contributed by atoms with Gasteiger partial charge in [0.2, 0.25) is 9.76 Å². The van der Waals surface area contributed by atoms with Gasteiger partial charge in [0, 0.05) is 6.08 Å². The van der Waals surface area contributed by atoms with Crippen molar-refractivity contribution in [2.24, 2.45) is 0 Å². The highest BCUT2D eigenvalue weighted by atomic mass is 28.2. The first-order valence-corrected chi connectivity index (χ1v) is 10.5. The van der Waals surface area contributed by atoms with Crippen molar-refractivity contribution >= 4 is 27.8 Å². The molecule has 0 aliphatic heterocycles. The van der Waals surface area contributed by atoms with E-state index in [4.69, 9.17) is 14.3 Å². The fourth-order valence-electron chi connectivity index (χ4n) is 2.41. The molecule has 0 unspecified atom stereocenters. The lowest BCUT2D eigenvalue weighted by Crippen LogP contribution is -2.08. The Bertz CT molecular complexity index is 799. The second-order valence-electron chi connectivity index (χ2n) is 6.16. The first-order valence-electron chi connectivity index (χ1n) is 9.30. The summed E-state index contributed by atoms with van der Waals surface area (Å²) in [5.41, 5.74) is 1.21. The SMILES string of the molecule is COC(=O)/C=C/c1ccc(OC(=O)c2ccc(OCCCCC[Si]O)cc2)cc1.